The molecule has 4 rings (SSSR count). The molecule has 4 nitrogen and oxygen atoms in total. The number of nitrogens with zero attached hydrogens (tertiary/aromatic N) is 3. The van der Waals surface area contributed by atoms with E-state index in [1.54, 1.807) is 6.20 Å². The molecule has 2 heterocycles. The highest BCUT2D eigenvalue weighted by Gasteiger charge is 2.33. The van der Waals surface area contributed by atoms with Gasteiger partial charge in [0.1, 0.15) is 0 Å². The van der Waals surface area contributed by atoms with E-state index in [-0.39, 0.29) is 0 Å². The van der Waals surface area contributed by atoms with Gasteiger partial charge in [0, 0.05) is 17.5 Å². The maximum Gasteiger partial charge on any atom is 0.153 e. The van der Waals surface area contributed by atoms with Crippen molar-refractivity contribution < 1.29 is 0 Å². The molecule has 2 aromatic rings. The lowest BCUT2D eigenvalue weighted by Gasteiger charge is -2.05. The summed E-state index contributed by atoms with van der Waals surface area (Å²) in [6, 6.07) is 6.12. The Morgan fingerprint density at radius 1 is 1.11 bits per heavy atom. The lowest BCUT2D eigenvalue weighted by Crippen LogP contribution is -2.04. The summed E-state index contributed by atoms with van der Waals surface area (Å²) in [5, 5.41) is 4.75. The Balaban J connectivity index is 1.79. The summed E-state index contributed by atoms with van der Waals surface area (Å²) < 4.78 is 2.02. The Hall–Kier alpha value is -1.84. The smallest absolute Gasteiger partial charge is 0.153 e. The molecule has 92 valence electrons. The van der Waals surface area contributed by atoms with Crippen molar-refractivity contribution in [3.8, 4) is 5.82 Å². The molecule has 0 aromatic carbocycles. The largest absolute Gasteiger partial charge is 0.397 e. The first-order valence-corrected chi connectivity index (χ1v) is 6.63. The van der Waals surface area contributed by atoms with Gasteiger partial charge >= 0.3 is 0 Å². The van der Waals surface area contributed by atoms with E-state index in [0.717, 1.165) is 5.82 Å². The molecule has 2 aromatic heterocycles. The maximum atomic E-state index is 5.69. The summed E-state index contributed by atoms with van der Waals surface area (Å²) in [5.41, 5.74) is 8.96. The normalized spacial score (nSPS) is 19.1. The number of anilines is 1. The van der Waals surface area contributed by atoms with E-state index < -0.39 is 0 Å². The first kappa shape index (κ1) is 10.1. The van der Waals surface area contributed by atoms with Crippen LogP contribution in [0.25, 0.3) is 5.82 Å². The van der Waals surface area contributed by atoms with Crippen LogP contribution in [-0.2, 0) is 0 Å². The zero-order chi connectivity index (χ0) is 12.1. The molecule has 0 bridgehead atoms. The second-order valence-corrected chi connectivity index (χ2v) is 5.40. The highest BCUT2D eigenvalue weighted by molar-refractivity contribution is 5.40. The van der Waals surface area contributed by atoms with Gasteiger partial charge in [0.15, 0.2) is 5.82 Å². The van der Waals surface area contributed by atoms with E-state index in [2.05, 4.69) is 11.1 Å². The standard InChI is InChI=1S/C14H16N4/c15-11-5-6-14(16-8-11)18-13(10-3-4-10)7-12(17-18)9-1-2-9/h5-10H,1-4,15H2. The van der Waals surface area contributed by atoms with Crippen molar-refractivity contribution in [3.05, 3.63) is 35.8 Å². The van der Waals surface area contributed by atoms with Gasteiger partial charge in [0.05, 0.1) is 17.6 Å². The Labute approximate surface area is 106 Å². The van der Waals surface area contributed by atoms with Crippen molar-refractivity contribution in [1.82, 2.24) is 14.8 Å². The van der Waals surface area contributed by atoms with Crippen molar-refractivity contribution in [2.24, 2.45) is 0 Å². The number of nitrogens with two attached hydrogens (primary N) is 1. The molecule has 2 aliphatic rings. The molecular formula is C14H16N4. The predicted octanol–water partition coefficient (Wildman–Crippen LogP) is 2.60. The van der Waals surface area contributed by atoms with Gasteiger partial charge in [-0.2, -0.15) is 5.10 Å². The van der Waals surface area contributed by atoms with Gasteiger partial charge in [-0.25, -0.2) is 9.67 Å². The van der Waals surface area contributed by atoms with Crippen LogP contribution in [0.15, 0.2) is 24.4 Å². The van der Waals surface area contributed by atoms with Gasteiger partial charge < -0.3 is 5.73 Å². The molecule has 0 radical (unpaired) electrons. The van der Waals surface area contributed by atoms with Crippen LogP contribution >= 0.6 is 0 Å². The highest BCUT2D eigenvalue weighted by atomic mass is 15.3. The number of hydrogen-bond acceptors (Lipinski definition) is 3. The van der Waals surface area contributed by atoms with Crippen molar-refractivity contribution in [2.75, 3.05) is 5.73 Å². The molecule has 2 aliphatic carbocycles. The average Bonchev–Trinajstić information content (AvgIpc) is 3.29. The number of nitrogen functional groups attached to an aromatic ring is 1. The molecule has 18 heavy (non-hydrogen) atoms. The summed E-state index contributed by atoms with van der Waals surface area (Å²) in [7, 11) is 0. The molecule has 2 fully saturated rings. The quantitative estimate of drug-likeness (QED) is 0.897. The van der Waals surface area contributed by atoms with Gasteiger partial charge in [-0.1, -0.05) is 0 Å². The fraction of sp³-hybridized carbons (Fsp3) is 0.429. The third-order valence-corrected chi connectivity index (χ3v) is 3.73. The SMILES string of the molecule is Nc1ccc(-n2nc(C3CC3)cc2C2CC2)nc1. The van der Waals surface area contributed by atoms with Crippen molar-refractivity contribution in [3.63, 3.8) is 0 Å². The third-order valence-electron chi connectivity index (χ3n) is 3.73. The molecule has 0 spiro atoms. The van der Waals surface area contributed by atoms with Crippen molar-refractivity contribution in [1.29, 1.82) is 0 Å². The molecule has 2 saturated carbocycles. The monoisotopic (exact) mass is 240 g/mol. The van der Waals surface area contributed by atoms with E-state index in [4.69, 9.17) is 10.8 Å². The first-order valence-electron chi connectivity index (χ1n) is 6.63. The second-order valence-electron chi connectivity index (χ2n) is 5.40. The summed E-state index contributed by atoms with van der Waals surface area (Å²) in [5.74, 6) is 2.26. The van der Waals surface area contributed by atoms with Crippen LogP contribution in [0, 0.1) is 0 Å². The minimum atomic E-state index is 0.685. The van der Waals surface area contributed by atoms with E-state index in [1.807, 2.05) is 16.8 Å². The molecule has 0 aliphatic heterocycles. The number of pyridine rings is 1. The zero-order valence-corrected chi connectivity index (χ0v) is 10.2. The number of aromatic nitrogens is 3. The van der Waals surface area contributed by atoms with E-state index in [9.17, 15) is 0 Å². The minimum absolute atomic E-state index is 0.685. The van der Waals surface area contributed by atoms with Gasteiger partial charge in [0.2, 0.25) is 0 Å². The Kier molecular flexibility index (Phi) is 2.01. The summed E-state index contributed by atoms with van der Waals surface area (Å²) in [6.07, 6.45) is 6.84. The second kappa shape index (κ2) is 3.57. The van der Waals surface area contributed by atoms with Crippen LogP contribution in [0.3, 0.4) is 0 Å². The predicted molar refractivity (Wildman–Crippen MR) is 69.7 cm³/mol. The third kappa shape index (κ3) is 1.68. The molecular weight excluding hydrogens is 224 g/mol. The molecule has 4 heteroatoms. The Bertz CT molecular complexity index is 576. The van der Waals surface area contributed by atoms with E-state index in [1.165, 1.54) is 37.1 Å². The summed E-state index contributed by atoms with van der Waals surface area (Å²) in [4.78, 5) is 4.39. The van der Waals surface area contributed by atoms with Crippen LogP contribution in [-0.4, -0.2) is 14.8 Å². The minimum Gasteiger partial charge on any atom is -0.397 e. The van der Waals surface area contributed by atoms with E-state index in [0.29, 0.717) is 17.5 Å². The number of rotatable bonds is 3. The highest BCUT2D eigenvalue weighted by Crippen LogP contribution is 2.45. The van der Waals surface area contributed by atoms with Crippen molar-refractivity contribution >= 4 is 5.69 Å². The van der Waals surface area contributed by atoms with Gasteiger partial charge in [-0.05, 0) is 43.9 Å². The molecule has 2 N–H and O–H groups in total. The summed E-state index contributed by atoms with van der Waals surface area (Å²) in [6.45, 7) is 0. The van der Waals surface area contributed by atoms with Crippen LogP contribution in [0.2, 0.25) is 0 Å². The Morgan fingerprint density at radius 3 is 2.50 bits per heavy atom. The fourth-order valence-corrected chi connectivity index (χ4v) is 2.37. The fourth-order valence-electron chi connectivity index (χ4n) is 2.37. The lowest BCUT2D eigenvalue weighted by molar-refractivity contribution is 0.767. The van der Waals surface area contributed by atoms with Gasteiger partial charge in [-0.15, -0.1) is 0 Å². The van der Waals surface area contributed by atoms with Crippen LogP contribution < -0.4 is 5.73 Å². The van der Waals surface area contributed by atoms with Gasteiger partial charge in [0.25, 0.3) is 0 Å². The number of hydrogen-bond donors (Lipinski definition) is 1. The molecule has 0 unspecified atom stereocenters. The van der Waals surface area contributed by atoms with Crippen LogP contribution in [0.5, 0.6) is 0 Å². The lowest BCUT2D eigenvalue weighted by atomic mass is 10.2. The van der Waals surface area contributed by atoms with Crippen LogP contribution in [0.4, 0.5) is 5.69 Å². The molecule has 0 amide bonds. The molecule has 0 saturated heterocycles. The first-order chi connectivity index (χ1) is 8.81. The topological polar surface area (TPSA) is 56.7 Å². The zero-order valence-electron chi connectivity index (χ0n) is 10.2. The van der Waals surface area contributed by atoms with Gasteiger partial charge in [-0.3, -0.25) is 0 Å². The van der Waals surface area contributed by atoms with E-state index >= 15 is 0 Å². The average molecular weight is 240 g/mol. The summed E-state index contributed by atoms with van der Waals surface area (Å²) >= 11 is 0. The maximum absolute atomic E-state index is 5.69. The van der Waals surface area contributed by atoms with Crippen molar-refractivity contribution in [2.45, 2.75) is 37.5 Å². The Morgan fingerprint density at radius 2 is 1.89 bits per heavy atom. The van der Waals surface area contributed by atoms with Crippen LogP contribution in [0.1, 0.15) is 48.9 Å². The molecule has 0 atom stereocenters.